The van der Waals surface area contributed by atoms with Crippen LogP contribution >= 0.6 is 0 Å². The topological polar surface area (TPSA) is 9.23 Å². The average Bonchev–Trinajstić information content (AvgIpc) is 2.97. The molecule has 1 aliphatic carbocycles. The summed E-state index contributed by atoms with van der Waals surface area (Å²) in [5.74, 6) is 1.69. The second-order valence-corrected chi connectivity index (χ2v) is 6.32. The minimum Gasteiger partial charge on any atom is -0.457 e. The Morgan fingerprint density at radius 1 is 0.615 bits per heavy atom. The molecular formula is C25H20O. The summed E-state index contributed by atoms with van der Waals surface area (Å²) in [6.07, 6.45) is 7.62. The minimum atomic E-state index is -0.526. The Balaban J connectivity index is 2.26. The molecule has 4 rings (SSSR count). The summed E-state index contributed by atoms with van der Waals surface area (Å²) in [6, 6.07) is 16.3. The molecule has 2 aromatic carbocycles. The van der Waals surface area contributed by atoms with E-state index < -0.39 is 5.41 Å². The average molecular weight is 336 g/mol. The fourth-order valence-corrected chi connectivity index (χ4v) is 4.38. The van der Waals surface area contributed by atoms with Crippen molar-refractivity contribution in [1.29, 1.82) is 0 Å². The molecule has 0 fully saturated rings. The largest absolute Gasteiger partial charge is 0.457 e. The van der Waals surface area contributed by atoms with Crippen molar-refractivity contribution in [2.75, 3.05) is 0 Å². The zero-order valence-electron chi connectivity index (χ0n) is 14.7. The first kappa shape index (κ1) is 16.2. The van der Waals surface area contributed by atoms with Crippen LogP contribution in [0, 0.1) is 0 Å². The van der Waals surface area contributed by atoms with Gasteiger partial charge < -0.3 is 4.74 Å². The monoisotopic (exact) mass is 336 g/mol. The zero-order chi connectivity index (χ0) is 18.3. The van der Waals surface area contributed by atoms with Crippen LogP contribution in [-0.4, -0.2) is 0 Å². The van der Waals surface area contributed by atoms with Gasteiger partial charge in [-0.05, 0) is 34.4 Å². The van der Waals surface area contributed by atoms with E-state index in [2.05, 4.69) is 38.4 Å². The van der Waals surface area contributed by atoms with Crippen LogP contribution in [0.2, 0.25) is 0 Å². The molecule has 2 aliphatic rings. The first-order valence-corrected chi connectivity index (χ1v) is 8.60. The number of hydrogen-bond acceptors (Lipinski definition) is 1. The normalized spacial score (nSPS) is 16.6. The van der Waals surface area contributed by atoms with Crippen molar-refractivity contribution in [2.24, 2.45) is 0 Å². The maximum atomic E-state index is 6.22. The molecule has 1 spiro atoms. The van der Waals surface area contributed by atoms with Gasteiger partial charge in [0, 0.05) is 11.1 Å². The summed E-state index contributed by atoms with van der Waals surface area (Å²) in [5.41, 5.74) is 5.88. The first-order chi connectivity index (χ1) is 12.7. The molecule has 1 heterocycles. The molecule has 0 N–H and O–H groups in total. The van der Waals surface area contributed by atoms with Gasteiger partial charge in [-0.25, -0.2) is 0 Å². The Bertz CT molecular complexity index is 946. The molecule has 1 nitrogen and oxygen atoms in total. The van der Waals surface area contributed by atoms with Gasteiger partial charge in [0.1, 0.15) is 11.5 Å². The highest BCUT2D eigenvalue weighted by atomic mass is 16.5. The molecule has 1 aliphatic heterocycles. The van der Waals surface area contributed by atoms with E-state index in [1.165, 1.54) is 0 Å². The lowest BCUT2D eigenvalue weighted by Crippen LogP contribution is -2.33. The van der Waals surface area contributed by atoms with Crippen LogP contribution in [0.4, 0.5) is 0 Å². The predicted molar refractivity (Wildman–Crippen MR) is 109 cm³/mol. The van der Waals surface area contributed by atoms with Crippen LogP contribution in [0.5, 0.6) is 11.5 Å². The van der Waals surface area contributed by atoms with E-state index in [9.17, 15) is 0 Å². The standard InChI is InChI=1S/C25H20O/c1-5-17-18(6-2)20(8-4)25(19(17)7-3)21-13-9-11-15-23(21)26-24-16-12-10-14-22(24)25/h5-16H,1-4H2. The molecule has 2 aromatic rings. The van der Waals surface area contributed by atoms with Gasteiger partial charge in [-0.2, -0.15) is 0 Å². The van der Waals surface area contributed by atoms with Crippen molar-refractivity contribution < 1.29 is 4.74 Å². The van der Waals surface area contributed by atoms with Gasteiger partial charge in [-0.1, -0.05) is 87.0 Å². The first-order valence-electron chi connectivity index (χ1n) is 8.60. The third kappa shape index (κ3) is 1.80. The molecule has 0 aromatic heterocycles. The van der Waals surface area contributed by atoms with Gasteiger partial charge in [0.15, 0.2) is 0 Å². The summed E-state index contributed by atoms with van der Waals surface area (Å²) in [5, 5.41) is 0. The molecule has 0 saturated carbocycles. The van der Waals surface area contributed by atoms with Gasteiger partial charge in [-0.3, -0.25) is 0 Å². The van der Waals surface area contributed by atoms with Crippen LogP contribution < -0.4 is 4.74 Å². The molecule has 0 radical (unpaired) electrons. The van der Waals surface area contributed by atoms with E-state index in [4.69, 9.17) is 4.74 Å². The van der Waals surface area contributed by atoms with Crippen molar-refractivity contribution in [3.63, 3.8) is 0 Å². The van der Waals surface area contributed by atoms with Gasteiger partial charge in [0.25, 0.3) is 0 Å². The molecule has 26 heavy (non-hydrogen) atoms. The Morgan fingerprint density at radius 2 is 1.04 bits per heavy atom. The van der Waals surface area contributed by atoms with E-state index in [-0.39, 0.29) is 0 Å². The lowest BCUT2D eigenvalue weighted by atomic mass is 9.64. The molecule has 126 valence electrons. The molecule has 0 atom stereocenters. The summed E-state index contributed by atoms with van der Waals surface area (Å²) >= 11 is 0. The second-order valence-electron chi connectivity index (χ2n) is 6.32. The van der Waals surface area contributed by atoms with Crippen LogP contribution in [0.3, 0.4) is 0 Å². The van der Waals surface area contributed by atoms with Gasteiger partial charge >= 0.3 is 0 Å². The van der Waals surface area contributed by atoms with Gasteiger partial charge in [0.05, 0.1) is 5.41 Å². The minimum absolute atomic E-state index is 0.526. The number of ether oxygens (including phenoxy) is 1. The Labute approximate surface area is 154 Å². The van der Waals surface area contributed by atoms with E-state index in [0.717, 1.165) is 44.9 Å². The predicted octanol–water partition coefficient (Wildman–Crippen LogP) is 6.43. The van der Waals surface area contributed by atoms with Crippen molar-refractivity contribution in [2.45, 2.75) is 5.41 Å². The van der Waals surface area contributed by atoms with Crippen molar-refractivity contribution in [3.8, 4) is 11.5 Å². The molecule has 0 saturated heterocycles. The summed E-state index contributed by atoms with van der Waals surface area (Å²) in [6.45, 7) is 16.4. The maximum Gasteiger partial charge on any atom is 0.132 e. The SMILES string of the molecule is C=CC1=C(C=C)C2(C(C=C)=C1C=C)c1ccccc1Oc1ccccc12. The van der Waals surface area contributed by atoms with E-state index >= 15 is 0 Å². The quantitative estimate of drug-likeness (QED) is 0.625. The van der Waals surface area contributed by atoms with Crippen LogP contribution in [0.15, 0.2) is 121 Å². The highest BCUT2D eigenvalue weighted by Gasteiger charge is 2.50. The second kappa shape index (κ2) is 5.89. The van der Waals surface area contributed by atoms with Crippen LogP contribution in [-0.2, 0) is 5.41 Å². The van der Waals surface area contributed by atoms with E-state index in [0.29, 0.717) is 0 Å². The molecule has 0 bridgehead atoms. The van der Waals surface area contributed by atoms with Crippen molar-refractivity contribution in [3.05, 3.63) is 133 Å². The van der Waals surface area contributed by atoms with E-state index in [1.54, 1.807) is 0 Å². The maximum absolute atomic E-state index is 6.22. The highest BCUT2D eigenvalue weighted by Crippen LogP contribution is 2.61. The number of para-hydroxylation sites is 2. The summed E-state index contributed by atoms with van der Waals surface area (Å²) in [7, 11) is 0. The fourth-order valence-electron chi connectivity index (χ4n) is 4.38. The summed E-state index contributed by atoms with van der Waals surface area (Å²) < 4.78 is 6.22. The van der Waals surface area contributed by atoms with Crippen LogP contribution in [0.25, 0.3) is 0 Å². The smallest absolute Gasteiger partial charge is 0.132 e. The van der Waals surface area contributed by atoms with Crippen molar-refractivity contribution in [1.82, 2.24) is 0 Å². The Hall–Kier alpha value is -3.32. The Kier molecular flexibility index (Phi) is 3.66. The fraction of sp³-hybridized carbons (Fsp3) is 0.0400. The number of benzene rings is 2. The highest BCUT2D eigenvalue weighted by molar-refractivity contribution is 5.80. The van der Waals surface area contributed by atoms with Crippen LogP contribution in [0.1, 0.15) is 11.1 Å². The lowest BCUT2D eigenvalue weighted by molar-refractivity contribution is 0.435. The van der Waals surface area contributed by atoms with Crippen molar-refractivity contribution >= 4 is 0 Å². The zero-order valence-corrected chi connectivity index (χ0v) is 14.7. The number of fused-ring (bicyclic) bond motifs is 4. The molecular weight excluding hydrogens is 316 g/mol. The number of allylic oxidation sites excluding steroid dienone is 8. The number of hydrogen-bond donors (Lipinski definition) is 0. The lowest BCUT2D eigenvalue weighted by Gasteiger charge is -2.40. The third-order valence-corrected chi connectivity index (χ3v) is 5.30. The van der Waals surface area contributed by atoms with Gasteiger partial charge in [0.2, 0.25) is 0 Å². The third-order valence-electron chi connectivity index (χ3n) is 5.30. The molecule has 1 heteroatoms. The Morgan fingerprint density at radius 3 is 1.42 bits per heavy atom. The molecule has 0 amide bonds. The number of rotatable bonds is 4. The molecule has 0 unspecified atom stereocenters. The van der Waals surface area contributed by atoms with E-state index in [1.807, 2.05) is 60.7 Å². The van der Waals surface area contributed by atoms with Gasteiger partial charge in [-0.15, -0.1) is 0 Å². The summed E-state index contributed by atoms with van der Waals surface area (Å²) in [4.78, 5) is 0.